The van der Waals surface area contributed by atoms with E-state index in [0.29, 0.717) is 0 Å². The van der Waals surface area contributed by atoms with Gasteiger partial charge in [0.05, 0.1) is 15.5 Å². The summed E-state index contributed by atoms with van der Waals surface area (Å²) in [4.78, 5) is 0.0963. The van der Waals surface area contributed by atoms with E-state index in [1.165, 1.54) is 18.2 Å². The number of sulfonamides is 1. The van der Waals surface area contributed by atoms with Crippen molar-refractivity contribution < 1.29 is 8.42 Å². The topological polar surface area (TPSA) is 70.0 Å². The van der Waals surface area contributed by atoms with E-state index in [4.69, 9.17) is 16.9 Å². The van der Waals surface area contributed by atoms with Gasteiger partial charge in [-0.3, -0.25) is 0 Å². The Labute approximate surface area is 118 Å². The fourth-order valence-corrected chi connectivity index (χ4v) is 3.76. The first kappa shape index (κ1) is 14.3. The van der Waals surface area contributed by atoms with Crippen LogP contribution in [0.5, 0.6) is 0 Å². The van der Waals surface area contributed by atoms with Gasteiger partial charge in [0.15, 0.2) is 0 Å². The van der Waals surface area contributed by atoms with Gasteiger partial charge in [0.1, 0.15) is 6.07 Å². The second-order valence-electron chi connectivity index (χ2n) is 4.71. The van der Waals surface area contributed by atoms with Crippen molar-refractivity contribution >= 4 is 21.6 Å². The van der Waals surface area contributed by atoms with Gasteiger partial charge in [-0.2, -0.15) is 5.26 Å². The highest BCUT2D eigenvalue weighted by atomic mass is 35.5. The van der Waals surface area contributed by atoms with E-state index in [9.17, 15) is 8.42 Å². The Bertz CT molecular complexity index is 602. The monoisotopic (exact) mass is 298 g/mol. The largest absolute Gasteiger partial charge is 0.240 e. The van der Waals surface area contributed by atoms with Crippen LogP contribution in [0.2, 0.25) is 5.02 Å². The summed E-state index contributed by atoms with van der Waals surface area (Å²) in [7, 11) is -3.57. The lowest BCUT2D eigenvalue weighted by atomic mass is 9.96. The fourth-order valence-electron chi connectivity index (χ4n) is 2.27. The van der Waals surface area contributed by atoms with Crippen molar-refractivity contribution in [3.63, 3.8) is 0 Å². The maximum absolute atomic E-state index is 12.2. The quantitative estimate of drug-likeness (QED) is 0.933. The predicted molar refractivity (Wildman–Crippen MR) is 73.4 cm³/mol. The summed E-state index contributed by atoms with van der Waals surface area (Å²) >= 11 is 5.80. The maximum atomic E-state index is 12.2. The van der Waals surface area contributed by atoms with Crippen molar-refractivity contribution in [1.29, 1.82) is 5.26 Å². The van der Waals surface area contributed by atoms with Crippen LogP contribution in [0.4, 0.5) is 0 Å². The van der Waals surface area contributed by atoms with Crippen LogP contribution < -0.4 is 4.72 Å². The smallest absolute Gasteiger partial charge is 0.208 e. The summed E-state index contributed by atoms with van der Waals surface area (Å²) in [6.45, 7) is 0. The highest BCUT2D eigenvalue weighted by Crippen LogP contribution is 2.22. The van der Waals surface area contributed by atoms with E-state index < -0.39 is 10.0 Å². The van der Waals surface area contributed by atoms with Gasteiger partial charge < -0.3 is 0 Å². The molecule has 6 heteroatoms. The van der Waals surface area contributed by atoms with E-state index >= 15 is 0 Å². The van der Waals surface area contributed by atoms with Crippen molar-refractivity contribution in [1.82, 2.24) is 4.72 Å². The molecular weight excluding hydrogens is 284 g/mol. The molecule has 1 fully saturated rings. The van der Waals surface area contributed by atoms with Gasteiger partial charge in [-0.15, -0.1) is 0 Å². The van der Waals surface area contributed by atoms with Crippen LogP contribution in [0.3, 0.4) is 0 Å². The average molecular weight is 299 g/mol. The normalized spacial score (nSPS) is 17.1. The number of nitriles is 1. The minimum Gasteiger partial charge on any atom is -0.208 e. The Balaban J connectivity index is 2.21. The minimum absolute atomic E-state index is 0.0000335. The van der Waals surface area contributed by atoms with Crippen molar-refractivity contribution in [3.8, 4) is 6.07 Å². The molecule has 1 saturated carbocycles. The summed E-state index contributed by atoms with van der Waals surface area (Å²) in [6, 6.07) is 6.07. The molecule has 0 spiro atoms. The van der Waals surface area contributed by atoms with Crippen molar-refractivity contribution in [2.45, 2.75) is 43.0 Å². The molecule has 0 atom stereocenters. The Morgan fingerprint density at radius 2 is 1.95 bits per heavy atom. The number of halogens is 1. The summed E-state index contributed by atoms with van der Waals surface area (Å²) in [5.74, 6) is 0. The third kappa shape index (κ3) is 3.47. The third-order valence-corrected chi connectivity index (χ3v) is 5.14. The van der Waals surface area contributed by atoms with Crippen LogP contribution in [0.25, 0.3) is 0 Å². The standard InChI is InChI=1S/C13H15ClN2O2S/c14-13-7-6-12(8-10(13)9-15)19(17,18)16-11-4-2-1-3-5-11/h6-8,11,16H,1-5H2. The molecule has 0 aromatic heterocycles. The predicted octanol–water partition coefficient (Wildman–Crippen LogP) is 2.82. The van der Waals surface area contributed by atoms with Crippen LogP contribution >= 0.6 is 11.6 Å². The first-order valence-electron chi connectivity index (χ1n) is 6.25. The molecule has 4 nitrogen and oxygen atoms in total. The van der Waals surface area contributed by atoms with Gasteiger partial charge in [0.2, 0.25) is 10.0 Å². The zero-order valence-electron chi connectivity index (χ0n) is 10.4. The van der Waals surface area contributed by atoms with Crippen LogP contribution in [-0.4, -0.2) is 14.5 Å². The number of hydrogen-bond donors (Lipinski definition) is 1. The van der Waals surface area contributed by atoms with E-state index in [-0.39, 0.29) is 21.5 Å². The first-order chi connectivity index (χ1) is 9.03. The molecule has 0 saturated heterocycles. The molecule has 2 rings (SSSR count). The average Bonchev–Trinajstić information content (AvgIpc) is 2.39. The molecule has 0 unspecified atom stereocenters. The number of nitrogens with one attached hydrogen (secondary N) is 1. The van der Waals surface area contributed by atoms with E-state index in [1.807, 2.05) is 6.07 Å². The van der Waals surface area contributed by atoms with Gasteiger partial charge in [-0.1, -0.05) is 30.9 Å². The van der Waals surface area contributed by atoms with Crippen LogP contribution in [0.1, 0.15) is 37.7 Å². The van der Waals surface area contributed by atoms with Gasteiger partial charge in [0.25, 0.3) is 0 Å². The van der Waals surface area contributed by atoms with Crippen LogP contribution in [0, 0.1) is 11.3 Å². The molecule has 1 aromatic carbocycles. The Morgan fingerprint density at radius 3 is 2.58 bits per heavy atom. The molecule has 0 aliphatic heterocycles. The van der Waals surface area contributed by atoms with Crippen LogP contribution in [0.15, 0.2) is 23.1 Å². The van der Waals surface area contributed by atoms with Gasteiger partial charge in [-0.25, -0.2) is 13.1 Å². The molecular formula is C13H15ClN2O2S. The van der Waals surface area contributed by atoms with E-state index in [0.717, 1.165) is 32.1 Å². The number of benzene rings is 1. The molecule has 1 aliphatic rings. The van der Waals surface area contributed by atoms with E-state index in [1.54, 1.807) is 0 Å². The summed E-state index contributed by atoms with van der Waals surface area (Å²) in [5.41, 5.74) is 0.174. The number of nitrogens with zero attached hydrogens (tertiary/aromatic N) is 1. The molecule has 0 bridgehead atoms. The molecule has 1 aliphatic carbocycles. The van der Waals surface area contributed by atoms with Gasteiger partial charge in [0, 0.05) is 6.04 Å². The van der Waals surface area contributed by atoms with Crippen LogP contribution in [-0.2, 0) is 10.0 Å². The summed E-state index contributed by atoms with van der Waals surface area (Å²) in [5, 5.41) is 9.14. The maximum Gasteiger partial charge on any atom is 0.240 e. The second-order valence-corrected chi connectivity index (χ2v) is 6.83. The highest BCUT2D eigenvalue weighted by Gasteiger charge is 2.22. The van der Waals surface area contributed by atoms with E-state index in [2.05, 4.69) is 4.72 Å². The second kappa shape index (κ2) is 5.91. The lowest BCUT2D eigenvalue weighted by Gasteiger charge is -2.22. The molecule has 0 heterocycles. The Morgan fingerprint density at radius 1 is 1.26 bits per heavy atom. The zero-order valence-corrected chi connectivity index (χ0v) is 12.0. The Kier molecular flexibility index (Phi) is 4.46. The first-order valence-corrected chi connectivity index (χ1v) is 8.11. The highest BCUT2D eigenvalue weighted by molar-refractivity contribution is 7.89. The van der Waals surface area contributed by atoms with Gasteiger partial charge >= 0.3 is 0 Å². The summed E-state index contributed by atoms with van der Waals surface area (Å²) in [6.07, 6.45) is 5.02. The molecule has 1 aromatic rings. The number of rotatable bonds is 3. The molecule has 0 radical (unpaired) electrons. The van der Waals surface area contributed by atoms with Crippen molar-refractivity contribution in [3.05, 3.63) is 28.8 Å². The van der Waals surface area contributed by atoms with Crippen molar-refractivity contribution in [2.24, 2.45) is 0 Å². The lowest BCUT2D eigenvalue weighted by Crippen LogP contribution is -2.36. The summed E-state index contributed by atoms with van der Waals surface area (Å²) < 4.78 is 27.1. The van der Waals surface area contributed by atoms with Crippen molar-refractivity contribution in [2.75, 3.05) is 0 Å². The molecule has 102 valence electrons. The molecule has 19 heavy (non-hydrogen) atoms. The lowest BCUT2D eigenvalue weighted by molar-refractivity contribution is 0.412. The Hall–Kier alpha value is -1.09. The SMILES string of the molecule is N#Cc1cc(S(=O)(=O)NC2CCCCC2)ccc1Cl. The molecule has 1 N–H and O–H groups in total. The minimum atomic E-state index is -3.57. The fraction of sp³-hybridized carbons (Fsp3) is 0.462. The van der Waals surface area contributed by atoms with Gasteiger partial charge in [-0.05, 0) is 31.0 Å². The molecule has 0 amide bonds. The zero-order chi connectivity index (χ0) is 13.9. The number of hydrogen-bond acceptors (Lipinski definition) is 3. The third-order valence-electron chi connectivity index (χ3n) is 3.30.